The predicted molar refractivity (Wildman–Crippen MR) is 84.9 cm³/mol. The Morgan fingerprint density at radius 3 is 2.62 bits per heavy atom. The van der Waals surface area contributed by atoms with Gasteiger partial charge in [0.15, 0.2) is 0 Å². The van der Waals surface area contributed by atoms with Gasteiger partial charge in [0.2, 0.25) is 0 Å². The topological polar surface area (TPSA) is 38.3 Å². The van der Waals surface area contributed by atoms with E-state index in [0.717, 1.165) is 10.5 Å². The van der Waals surface area contributed by atoms with Crippen LogP contribution in [0, 0.1) is 5.82 Å². The van der Waals surface area contributed by atoms with Crippen LogP contribution in [0.15, 0.2) is 23.1 Å². The maximum Gasteiger partial charge on any atom is 0.316 e. The highest BCUT2D eigenvalue weighted by Crippen LogP contribution is 2.24. The van der Waals surface area contributed by atoms with Crippen molar-refractivity contribution in [2.24, 2.45) is 0 Å². The molecule has 1 aromatic rings. The van der Waals surface area contributed by atoms with E-state index >= 15 is 0 Å². The zero-order chi connectivity index (χ0) is 16.0. The summed E-state index contributed by atoms with van der Waals surface area (Å²) in [6.07, 6.45) is 0. The van der Waals surface area contributed by atoms with Gasteiger partial charge in [0.1, 0.15) is 11.4 Å². The van der Waals surface area contributed by atoms with E-state index in [-0.39, 0.29) is 17.5 Å². The van der Waals surface area contributed by atoms with Crippen LogP contribution in [0.1, 0.15) is 40.2 Å². The second kappa shape index (κ2) is 7.80. The fraction of sp³-hybridized carbons (Fsp3) is 0.562. The third-order valence-corrected chi connectivity index (χ3v) is 3.58. The molecule has 21 heavy (non-hydrogen) atoms. The molecule has 0 saturated carbocycles. The van der Waals surface area contributed by atoms with Gasteiger partial charge in [-0.05, 0) is 44.5 Å². The van der Waals surface area contributed by atoms with E-state index in [4.69, 9.17) is 4.74 Å². The third kappa shape index (κ3) is 7.48. The lowest BCUT2D eigenvalue weighted by Crippen LogP contribution is -2.25. The maximum absolute atomic E-state index is 13.4. The van der Waals surface area contributed by atoms with Gasteiger partial charge >= 0.3 is 5.97 Å². The van der Waals surface area contributed by atoms with Crippen LogP contribution in [0.2, 0.25) is 0 Å². The average molecular weight is 313 g/mol. The Morgan fingerprint density at radius 2 is 2.05 bits per heavy atom. The van der Waals surface area contributed by atoms with Crippen LogP contribution >= 0.6 is 11.8 Å². The smallest absolute Gasteiger partial charge is 0.316 e. The number of nitrogens with one attached hydrogen (secondary N) is 1. The summed E-state index contributed by atoms with van der Waals surface area (Å²) < 4.78 is 18.6. The summed E-state index contributed by atoms with van der Waals surface area (Å²) in [5, 5.41) is 3.26. The largest absolute Gasteiger partial charge is 0.459 e. The first kappa shape index (κ1) is 18.0. The van der Waals surface area contributed by atoms with Gasteiger partial charge < -0.3 is 10.1 Å². The van der Waals surface area contributed by atoms with Gasteiger partial charge in [-0.15, -0.1) is 11.8 Å². The molecule has 3 nitrogen and oxygen atoms in total. The summed E-state index contributed by atoms with van der Waals surface area (Å²) >= 11 is 1.38. The Labute approximate surface area is 130 Å². The Morgan fingerprint density at radius 1 is 1.38 bits per heavy atom. The molecule has 1 N–H and O–H groups in total. The number of carbonyl (C=O) groups excluding carboxylic acids is 1. The van der Waals surface area contributed by atoms with E-state index in [9.17, 15) is 9.18 Å². The van der Waals surface area contributed by atoms with Crippen LogP contribution in [0.25, 0.3) is 0 Å². The van der Waals surface area contributed by atoms with Crippen molar-refractivity contribution in [1.29, 1.82) is 0 Å². The minimum absolute atomic E-state index is 0.220. The maximum atomic E-state index is 13.4. The van der Waals surface area contributed by atoms with Crippen LogP contribution in [0.5, 0.6) is 0 Å². The minimum Gasteiger partial charge on any atom is -0.459 e. The normalized spacial score (nSPS) is 11.8. The summed E-state index contributed by atoms with van der Waals surface area (Å²) in [6, 6.07) is 4.95. The van der Waals surface area contributed by atoms with Gasteiger partial charge in [0.05, 0.1) is 5.75 Å². The monoisotopic (exact) mass is 313 g/mol. The van der Waals surface area contributed by atoms with Crippen LogP contribution in [0.3, 0.4) is 0 Å². The second-order valence-corrected chi connectivity index (χ2v) is 7.18. The highest BCUT2D eigenvalue weighted by molar-refractivity contribution is 8.00. The Kier molecular flexibility index (Phi) is 6.68. The standard InChI is InChI=1S/C16H24FNO2S/c1-11(2)18-9-12-8-13(17)6-7-14(12)21-10-15(19)20-16(3,4)5/h6-8,11,18H,9-10H2,1-5H3. The Hall–Kier alpha value is -1.07. The van der Waals surface area contributed by atoms with Crippen LogP contribution in [-0.2, 0) is 16.1 Å². The van der Waals surface area contributed by atoms with Gasteiger partial charge in [0, 0.05) is 17.5 Å². The van der Waals surface area contributed by atoms with Crippen molar-refractivity contribution < 1.29 is 13.9 Å². The lowest BCUT2D eigenvalue weighted by Gasteiger charge is -2.19. The zero-order valence-electron chi connectivity index (χ0n) is 13.3. The molecule has 0 heterocycles. The molecule has 0 bridgehead atoms. The average Bonchev–Trinajstić information content (AvgIpc) is 2.33. The molecular formula is C16H24FNO2S. The molecule has 118 valence electrons. The fourth-order valence-electron chi connectivity index (χ4n) is 1.65. The number of thioether (sulfide) groups is 1. The molecule has 1 rings (SSSR count). The molecule has 0 unspecified atom stereocenters. The van der Waals surface area contributed by atoms with E-state index in [1.807, 2.05) is 34.6 Å². The van der Waals surface area contributed by atoms with Gasteiger partial charge in [-0.3, -0.25) is 4.79 Å². The quantitative estimate of drug-likeness (QED) is 0.641. The van der Waals surface area contributed by atoms with Crippen molar-refractivity contribution in [3.05, 3.63) is 29.6 Å². The summed E-state index contributed by atoms with van der Waals surface area (Å²) in [7, 11) is 0. The van der Waals surface area contributed by atoms with Gasteiger partial charge in [-0.2, -0.15) is 0 Å². The molecule has 0 atom stereocenters. The SMILES string of the molecule is CC(C)NCc1cc(F)ccc1SCC(=O)OC(C)(C)C. The van der Waals surface area contributed by atoms with Crippen molar-refractivity contribution in [1.82, 2.24) is 5.32 Å². The molecule has 0 aliphatic rings. The van der Waals surface area contributed by atoms with Crippen LogP contribution in [-0.4, -0.2) is 23.4 Å². The molecule has 0 saturated heterocycles. The van der Waals surface area contributed by atoms with Crippen molar-refractivity contribution in [2.75, 3.05) is 5.75 Å². The first-order valence-electron chi connectivity index (χ1n) is 7.04. The number of hydrogen-bond acceptors (Lipinski definition) is 4. The van der Waals surface area contributed by atoms with Crippen molar-refractivity contribution in [2.45, 2.75) is 57.7 Å². The summed E-state index contributed by atoms with van der Waals surface area (Å²) in [5.41, 5.74) is 0.375. The lowest BCUT2D eigenvalue weighted by atomic mass is 10.2. The molecule has 0 aliphatic heterocycles. The van der Waals surface area contributed by atoms with Crippen LogP contribution < -0.4 is 5.32 Å². The first-order chi connectivity index (χ1) is 9.67. The number of hydrogen-bond donors (Lipinski definition) is 1. The van der Waals surface area contributed by atoms with Crippen molar-refractivity contribution >= 4 is 17.7 Å². The summed E-state index contributed by atoms with van der Waals surface area (Å²) in [4.78, 5) is 12.6. The number of ether oxygens (including phenoxy) is 1. The van der Waals surface area contributed by atoms with Gasteiger partial charge in [0.25, 0.3) is 0 Å². The lowest BCUT2D eigenvalue weighted by molar-refractivity contribution is -0.151. The minimum atomic E-state index is -0.484. The molecule has 0 radical (unpaired) electrons. The van der Waals surface area contributed by atoms with Crippen molar-refractivity contribution in [3.8, 4) is 0 Å². The molecular weight excluding hydrogens is 289 g/mol. The van der Waals surface area contributed by atoms with E-state index in [2.05, 4.69) is 5.32 Å². The third-order valence-electron chi connectivity index (χ3n) is 2.49. The van der Waals surface area contributed by atoms with E-state index < -0.39 is 5.60 Å². The number of halogens is 1. The molecule has 0 spiro atoms. The van der Waals surface area contributed by atoms with Crippen LogP contribution in [0.4, 0.5) is 4.39 Å². The fourth-order valence-corrected chi connectivity index (χ4v) is 2.46. The van der Waals surface area contributed by atoms with E-state index in [1.54, 1.807) is 6.07 Å². The molecule has 0 amide bonds. The van der Waals surface area contributed by atoms with E-state index in [1.165, 1.54) is 23.9 Å². The number of benzene rings is 1. The Bertz CT molecular complexity index is 484. The molecule has 0 fully saturated rings. The van der Waals surface area contributed by atoms with E-state index in [0.29, 0.717) is 12.6 Å². The zero-order valence-corrected chi connectivity index (χ0v) is 14.1. The highest BCUT2D eigenvalue weighted by atomic mass is 32.2. The first-order valence-corrected chi connectivity index (χ1v) is 8.02. The second-order valence-electron chi connectivity index (χ2n) is 6.16. The van der Waals surface area contributed by atoms with Gasteiger partial charge in [-0.25, -0.2) is 4.39 Å². The molecule has 5 heteroatoms. The Balaban J connectivity index is 2.67. The number of carbonyl (C=O) groups is 1. The summed E-state index contributed by atoms with van der Waals surface area (Å²) in [6.45, 7) is 10.2. The predicted octanol–water partition coefficient (Wildman–Crippen LogP) is 3.76. The highest BCUT2D eigenvalue weighted by Gasteiger charge is 2.17. The van der Waals surface area contributed by atoms with Crippen molar-refractivity contribution in [3.63, 3.8) is 0 Å². The molecule has 1 aromatic carbocycles. The van der Waals surface area contributed by atoms with Gasteiger partial charge in [-0.1, -0.05) is 13.8 Å². The summed E-state index contributed by atoms with van der Waals surface area (Å²) in [5.74, 6) is -0.311. The number of rotatable bonds is 6. The number of esters is 1. The molecule has 0 aromatic heterocycles. The molecule has 0 aliphatic carbocycles.